The lowest BCUT2D eigenvalue weighted by molar-refractivity contribution is 0.317. The van der Waals surface area contributed by atoms with Crippen molar-refractivity contribution in [3.8, 4) is 0 Å². The van der Waals surface area contributed by atoms with E-state index in [0.29, 0.717) is 6.54 Å². The number of nitrogens with two attached hydrogens (primary N) is 1. The molecular formula is C7H14N4O. The van der Waals surface area contributed by atoms with Crippen LogP contribution in [0.5, 0.6) is 0 Å². The second kappa shape index (κ2) is 2.75. The Balaban J connectivity index is 3.20. The number of hydrogen-bond acceptors (Lipinski definition) is 3. The van der Waals surface area contributed by atoms with Crippen molar-refractivity contribution in [3.63, 3.8) is 0 Å². The third-order valence-corrected chi connectivity index (χ3v) is 1.90. The minimum atomic E-state index is -0.404. The van der Waals surface area contributed by atoms with Crippen LogP contribution in [0.3, 0.4) is 0 Å². The largest absolute Gasteiger partial charge is 0.345 e. The average Bonchev–Trinajstić information content (AvgIpc) is 2.33. The van der Waals surface area contributed by atoms with E-state index < -0.39 is 5.54 Å². The van der Waals surface area contributed by atoms with Gasteiger partial charge in [0.2, 0.25) is 0 Å². The van der Waals surface area contributed by atoms with Gasteiger partial charge >= 0.3 is 5.69 Å². The Morgan fingerprint density at radius 3 is 2.58 bits per heavy atom. The van der Waals surface area contributed by atoms with Gasteiger partial charge in [-0.25, -0.2) is 9.48 Å². The smallest absolute Gasteiger partial charge is 0.328 e. The molecule has 0 aliphatic heterocycles. The highest BCUT2D eigenvalue weighted by molar-refractivity contribution is 4.80. The van der Waals surface area contributed by atoms with Crippen LogP contribution >= 0.6 is 0 Å². The highest BCUT2D eigenvalue weighted by atomic mass is 16.2. The quantitative estimate of drug-likeness (QED) is 0.636. The highest BCUT2D eigenvalue weighted by Crippen LogP contribution is 2.06. The molecule has 0 radical (unpaired) electrons. The van der Waals surface area contributed by atoms with E-state index >= 15 is 0 Å². The number of rotatable bonds is 2. The van der Waals surface area contributed by atoms with Gasteiger partial charge in [-0.05, 0) is 13.8 Å². The number of nitrogens with zero attached hydrogens (tertiary/aromatic N) is 3. The lowest BCUT2D eigenvalue weighted by Crippen LogP contribution is -2.42. The van der Waals surface area contributed by atoms with Gasteiger partial charge in [0, 0.05) is 13.6 Å². The fraction of sp³-hybridized carbons (Fsp3) is 0.714. The molecule has 0 aliphatic carbocycles. The van der Waals surface area contributed by atoms with E-state index in [9.17, 15) is 4.79 Å². The predicted molar refractivity (Wildman–Crippen MR) is 45.8 cm³/mol. The molecule has 12 heavy (non-hydrogen) atoms. The SMILES string of the molecule is Cn1cnn(C(C)(C)CN)c1=O. The van der Waals surface area contributed by atoms with E-state index in [1.165, 1.54) is 15.6 Å². The molecule has 1 rings (SSSR count). The van der Waals surface area contributed by atoms with Gasteiger partial charge < -0.3 is 5.73 Å². The summed E-state index contributed by atoms with van der Waals surface area (Å²) in [5.41, 5.74) is 4.97. The summed E-state index contributed by atoms with van der Waals surface area (Å²) < 4.78 is 2.82. The van der Waals surface area contributed by atoms with Crippen molar-refractivity contribution in [2.24, 2.45) is 12.8 Å². The molecule has 1 aromatic rings. The lowest BCUT2D eigenvalue weighted by atomic mass is 10.1. The van der Waals surface area contributed by atoms with Gasteiger partial charge in [0.25, 0.3) is 0 Å². The molecule has 0 spiro atoms. The van der Waals surface area contributed by atoms with Gasteiger partial charge in [0.05, 0.1) is 5.54 Å². The lowest BCUT2D eigenvalue weighted by Gasteiger charge is -2.21. The molecule has 0 atom stereocenters. The highest BCUT2D eigenvalue weighted by Gasteiger charge is 2.21. The Morgan fingerprint density at radius 1 is 1.67 bits per heavy atom. The van der Waals surface area contributed by atoms with Crippen LogP contribution < -0.4 is 11.4 Å². The number of aryl methyl sites for hydroxylation is 1. The fourth-order valence-electron chi connectivity index (χ4n) is 0.879. The molecule has 68 valence electrons. The van der Waals surface area contributed by atoms with Crippen molar-refractivity contribution in [2.45, 2.75) is 19.4 Å². The molecule has 5 nitrogen and oxygen atoms in total. The molecule has 0 saturated carbocycles. The maximum absolute atomic E-state index is 11.4. The second-order valence-electron chi connectivity index (χ2n) is 3.45. The average molecular weight is 170 g/mol. The van der Waals surface area contributed by atoms with Crippen LogP contribution in [0, 0.1) is 0 Å². The van der Waals surface area contributed by atoms with E-state index in [4.69, 9.17) is 5.73 Å². The molecule has 0 fully saturated rings. The van der Waals surface area contributed by atoms with Crippen LogP contribution in [-0.2, 0) is 12.6 Å². The molecular weight excluding hydrogens is 156 g/mol. The standard InChI is InChI=1S/C7H14N4O/c1-7(2,4-8)11-6(12)10(3)5-9-11/h5H,4,8H2,1-3H3. The van der Waals surface area contributed by atoms with Gasteiger partial charge in [0.1, 0.15) is 6.33 Å². The molecule has 1 heterocycles. The van der Waals surface area contributed by atoms with Gasteiger partial charge in [-0.3, -0.25) is 4.57 Å². The number of hydrogen-bond donors (Lipinski definition) is 1. The molecule has 0 aliphatic rings. The third kappa shape index (κ3) is 1.27. The first-order chi connectivity index (χ1) is 5.49. The fourth-order valence-corrected chi connectivity index (χ4v) is 0.879. The number of aromatic nitrogens is 3. The first-order valence-electron chi connectivity index (χ1n) is 3.80. The molecule has 5 heteroatoms. The Morgan fingerprint density at radius 2 is 2.25 bits per heavy atom. The first-order valence-corrected chi connectivity index (χ1v) is 3.80. The monoisotopic (exact) mass is 170 g/mol. The minimum Gasteiger partial charge on any atom is -0.328 e. The van der Waals surface area contributed by atoms with Crippen molar-refractivity contribution in [1.29, 1.82) is 0 Å². The van der Waals surface area contributed by atoms with Crippen LogP contribution in [0.1, 0.15) is 13.8 Å². The normalized spacial score (nSPS) is 12.0. The summed E-state index contributed by atoms with van der Waals surface area (Å²) in [6.07, 6.45) is 1.49. The second-order valence-corrected chi connectivity index (χ2v) is 3.45. The van der Waals surface area contributed by atoms with Crippen LogP contribution in [0.25, 0.3) is 0 Å². The zero-order chi connectivity index (χ0) is 9.35. The molecule has 1 aromatic heterocycles. The van der Waals surface area contributed by atoms with E-state index in [-0.39, 0.29) is 5.69 Å². The first kappa shape index (κ1) is 8.99. The van der Waals surface area contributed by atoms with Gasteiger partial charge in [-0.15, -0.1) is 0 Å². The van der Waals surface area contributed by atoms with Crippen LogP contribution in [0.4, 0.5) is 0 Å². The van der Waals surface area contributed by atoms with E-state index in [1.54, 1.807) is 7.05 Å². The molecule has 0 bridgehead atoms. The van der Waals surface area contributed by atoms with Crippen LogP contribution in [-0.4, -0.2) is 20.9 Å². The molecule has 0 unspecified atom stereocenters. The van der Waals surface area contributed by atoms with Gasteiger partial charge in [-0.1, -0.05) is 0 Å². The maximum atomic E-state index is 11.4. The molecule has 2 N–H and O–H groups in total. The molecule has 0 amide bonds. The van der Waals surface area contributed by atoms with Crippen molar-refractivity contribution in [1.82, 2.24) is 14.3 Å². The van der Waals surface area contributed by atoms with Gasteiger partial charge in [0.15, 0.2) is 0 Å². The van der Waals surface area contributed by atoms with E-state index in [1.807, 2.05) is 13.8 Å². The van der Waals surface area contributed by atoms with Crippen molar-refractivity contribution in [3.05, 3.63) is 16.8 Å². The van der Waals surface area contributed by atoms with Crippen molar-refractivity contribution in [2.75, 3.05) is 6.54 Å². The Labute approximate surface area is 70.8 Å². The summed E-state index contributed by atoms with van der Waals surface area (Å²) in [6.45, 7) is 4.15. The van der Waals surface area contributed by atoms with Crippen molar-refractivity contribution < 1.29 is 0 Å². The summed E-state index contributed by atoms with van der Waals surface area (Å²) in [4.78, 5) is 11.4. The summed E-state index contributed by atoms with van der Waals surface area (Å²) >= 11 is 0. The van der Waals surface area contributed by atoms with Crippen LogP contribution in [0.2, 0.25) is 0 Å². The minimum absolute atomic E-state index is 0.134. The predicted octanol–water partition coefficient (Wildman–Crippen LogP) is -0.724. The summed E-state index contributed by atoms with van der Waals surface area (Å²) in [5, 5.41) is 3.94. The van der Waals surface area contributed by atoms with E-state index in [0.717, 1.165) is 0 Å². The summed E-state index contributed by atoms with van der Waals surface area (Å²) in [6, 6.07) is 0. The third-order valence-electron chi connectivity index (χ3n) is 1.90. The van der Waals surface area contributed by atoms with Gasteiger partial charge in [-0.2, -0.15) is 5.10 Å². The zero-order valence-electron chi connectivity index (χ0n) is 7.61. The summed E-state index contributed by atoms with van der Waals surface area (Å²) in [7, 11) is 1.67. The maximum Gasteiger partial charge on any atom is 0.345 e. The molecule has 0 aromatic carbocycles. The van der Waals surface area contributed by atoms with Crippen LogP contribution in [0.15, 0.2) is 11.1 Å². The summed E-state index contributed by atoms with van der Waals surface area (Å²) in [5.74, 6) is 0. The van der Waals surface area contributed by atoms with E-state index in [2.05, 4.69) is 5.10 Å². The Hall–Kier alpha value is -1.10. The van der Waals surface area contributed by atoms with Crippen molar-refractivity contribution >= 4 is 0 Å². The Bertz CT molecular complexity index is 322. The Kier molecular flexibility index (Phi) is 2.06. The zero-order valence-corrected chi connectivity index (χ0v) is 7.61. The topological polar surface area (TPSA) is 65.8 Å². The molecule has 0 saturated heterocycles.